The molecule has 4 rings (SSSR count). The fourth-order valence-corrected chi connectivity index (χ4v) is 9.93. The number of esters is 1. The molecule has 0 radical (unpaired) electrons. The minimum Gasteiger partial charge on any atom is -0.462 e. The third-order valence-electron chi connectivity index (χ3n) is 12.4. The first-order chi connectivity index (χ1) is 16.5. The minimum atomic E-state index is -0.189. The molecule has 4 aliphatic carbocycles. The highest BCUT2D eigenvalue weighted by Crippen LogP contribution is 2.72. The first kappa shape index (κ1) is 27.9. The van der Waals surface area contributed by atoms with Gasteiger partial charge in [-0.25, -0.2) is 0 Å². The zero-order chi connectivity index (χ0) is 26.9. The van der Waals surface area contributed by atoms with E-state index in [1.54, 1.807) is 11.1 Å². The monoisotopic (exact) mass is 498 g/mol. The van der Waals surface area contributed by atoms with Gasteiger partial charge in [0.2, 0.25) is 0 Å². The van der Waals surface area contributed by atoms with Crippen molar-refractivity contribution in [3.63, 3.8) is 0 Å². The molecule has 0 N–H and O–H groups in total. The maximum absolute atomic E-state index is 12.9. The van der Waals surface area contributed by atoms with E-state index in [1.165, 1.54) is 45.4 Å². The van der Waals surface area contributed by atoms with Gasteiger partial charge in [0, 0.05) is 18.8 Å². The summed E-state index contributed by atoms with van der Waals surface area (Å²) in [7, 11) is 0. The summed E-state index contributed by atoms with van der Waals surface area (Å²) >= 11 is 0. The molecule has 4 aliphatic rings. The highest BCUT2D eigenvalue weighted by atomic mass is 16.5. The molecule has 204 valence electrons. The van der Waals surface area contributed by atoms with Crippen molar-refractivity contribution in [1.29, 1.82) is 0 Å². The largest absolute Gasteiger partial charge is 0.462 e. The predicted molar refractivity (Wildman–Crippen MR) is 147 cm³/mol. The van der Waals surface area contributed by atoms with Gasteiger partial charge in [0.15, 0.2) is 0 Å². The van der Waals surface area contributed by atoms with Gasteiger partial charge in [0.05, 0.1) is 0 Å². The van der Waals surface area contributed by atoms with E-state index in [4.69, 9.17) is 4.74 Å². The van der Waals surface area contributed by atoms with Crippen molar-refractivity contribution in [2.75, 3.05) is 0 Å². The van der Waals surface area contributed by atoms with Crippen LogP contribution in [-0.4, -0.2) is 17.9 Å². The molecule has 0 heterocycles. The summed E-state index contributed by atoms with van der Waals surface area (Å²) in [6.07, 6.45) is 11.3. The number of carbonyl (C=O) groups is 2. The number of rotatable bonds is 5. The molecule has 0 aromatic carbocycles. The maximum Gasteiger partial charge on any atom is 0.302 e. The molecule has 0 saturated heterocycles. The molecule has 0 amide bonds. The quantitative estimate of drug-likeness (QED) is 0.281. The average Bonchev–Trinajstić information content (AvgIpc) is 3.04. The second-order valence-corrected chi connectivity index (χ2v) is 15.5. The van der Waals surface area contributed by atoms with Gasteiger partial charge in [0.1, 0.15) is 11.9 Å². The van der Waals surface area contributed by atoms with E-state index in [2.05, 4.69) is 62.3 Å². The van der Waals surface area contributed by atoms with Gasteiger partial charge in [-0.05, 0) is 97.2 Å². The van der Waals surface area contributed by atoms with Crippen molar-refractivity contribution in [2.24, 2.45) is 44.8 Å². The maximum atomic E-state index is 12.9. The van der Waals surface area contributed by atoms with Crippen LogP contribution in [0.4, 0.5) is 0 Å². The van der Waals surface area contributed by atoms with Crippen molar-refractivity contribution in [3.8, 4) is 0 Å². The average molecular weight is 499 g/mol. The van der Waals surface area contributed by atoms with Crippen LogP contribution >= 0.6 is 0 Å². The van der Waals surface area contributed by atoms with Crippen LogP contribution in [0.1, 0.15) is 133 Å². The number of ether oxygens (including phenoxy) is 1. The smallest absolute Gasteiger partial charge is 0.302 e. The molecular formula is C33H54O3. The Morgan fingerprint density at radius 2 is 1.61 bits per heavy atom. The van der Waals surface area contributed by atoms with Gasteiger partial charge >= 0.3 is 5.97 Å². The van der Waals surface area contributed by atoms with Gasteiger partial charge < -0.3 is 4.74 Å². The van der Waals surface area contributed by atoms with E-state index in [-0.39, 0.29) is 33.7 Å². The lowest BCUT2D eigenvalue weighted by Gasteiger charge is -2.61. The van der Waals surface area contributed by atoms with Crippen molar-refractivity contribution >= 4 is 11.8 Å². The van der Waals surface area contributed by atoms with E-state index >= 15 is 0 Å². The normalized spacial score (nSPS) is 39.7. The zero-order valence-electron chi connectivity index (χ0n) is 25.1. The molecule has 3 heteroatoms. The summed E-state index contributed by atoms with van der Waals surface area (Å²) in [5.41, 5.74) is 4.13. The van der Waals surface area contributed by atoms with Gasteiger partial charge in [0.25, 0.3) is 0 Å². The molecule has 0 bridgehead atoms. The molecule has 3 unspecified atom stereocenters. The van der Waals surface area contributed by atoms with Crippen molar-refractivity contribution in [3.05, 3.63) is 11.1 Å². The Balaban J connectivity index is 1.58. The van der Waals surface area contributed by atoms with Crippen LogP contribution in [0.15, 0.2) is 11.1 Å². The lowest BCUT2D eigenvalue weighted by Crippen LogP contribution is -2.53. The number of Topliss-reactive ketones (excluding diaryl/α,β-unsaturated/α-hetero) is 1. The van der Waals surface area contributed by atoms with Gasteiger partial charge in [-0.15, -0.1) is 0 Å². The van der Waals surface area contributed by atoms with E-state index in [9.17, 15) is 9.59 Å². The van der Waals surface area contributed by atoms with Crippen LogP contribution in [0.5, 0.6) is 0 Å². The molecule has 7 atom stereocenters. The molecule has 2 saturated carbocycles. The first-order valence-electron chi connectivity index (χ1n) is 14.9. The Labute approximate surface area is 221 Å². The van der Waals surface area contributed by atoms with E-state index in [1.807, 2.05) is 0 Å². The summed E-state index contributed by atoms with van der Waals surface area (Å²) in [6.45, 7) is 22.8. The van der Waals surface area contributed by atoms with Gasteiger partial charge in [-0.2, -0.15) is 0 Å². The fourth-order valence-electron chi connectivity index (χ4n) is 9.93. The van der Waals surface area contributed by atoms with Crippen LogP contribution in [0, 0.1) is 44.8 Å². The van der Waals surface area contributed by atoms with Crippen molar-refractivity contribution in [1.82, 2.24) is 0 Å². The number of carbonyl (C=O) groups excluding carboxylic acids is 2. The van der Waals surface area contributed by atoms with Gasteiger partial charge in [-0.1, -0.05) is 73.5 Å². The SMILES string of the molecule is CC(=O)OC(CCC(C)C1CC[C@@]2(C)C3=C(CC[C@]12C)[C@@]1(C)CCC(=O)C(C)(C)[C@@H]1CC3)C(C)(C)C. The molecule has 3 nitrogen and oxygen atoms in total. The molecule has 0 spiro atoms. The Morgan fingerprint density at radius 3 is 2.22 bits per heavy atom. The standard InChI is InChI=1S/C33H54O3/c1-21(11-14-28(29(3,4)5)36-22(2)34)23-15-19-33(10)25-12-13-26-30(6,7)27(35)17-18-31(26,8)24(25)16-20-32(23,33)9/h21,23,26,28H,11-20H2,1-10H3/t21?,23?,26-,28?,31+,32+,33-/m0/s1. The van der Waals surface area contributed by atoms with E-state index in [0.717, 1.165) is 25.7 Å². The lowest BCUT2D eigenvalue weighted by molar-refractivity contribution is -0.152. The topological polar surface area (TPSA) is 43.4 Å². The molecule has 0 aliphatic heterocycles. The Morgan fingerprint density at radius 1 is 0.944 bits per heavy atom. The second-order valence-electron chi connectivity index (χ2n) is 15.5. The van der Waals surface area contributed by atoms with Crippen LogP contribution < -0.4 is 0 Å². The van der Waals surface area contributed by atoms with Crippen molar-refractivity contribution in [2.45, 2.75) is 140 Å². The van der Waals surface area contributed by atoms with E-state index in [0.29, 0.717) is 29.0 Å². The van der Waals surface area contributed by atoms with Crippen LogP contribution in [0.3, 0.4) is 0 Å². The summed E-state index contributed by atoms with van der Waals surface area (Å²) in [5, 5.41) is 0. The Kier molecular flexibility index (Phi) is 6.96. The molecule has 0 aromatic heterocycles. The minimum absolute atomic E-state index is 0.0219. The third-order valence-corrected chi connectivity index (χ3v) is 12.4. The number of allylic oxidation sites excluding steroid dienone is 2. The summed E-state index contributed by atoms with van der Waals surface area (Å²) < 4.78 is 5.77. The Bertz CT molecular complexity index is 935. The highest BCUT2D eigenvalue weighted by molar-refractivity contribution is 5.85. The van der Waals surface area contributed by atoms with Crippen LogP contribution in [-0.2, 0) is 14.3 Å². The number of hydrogen-bond donors (Lipinski definition) is 0. The van der Waals surface area contributed by atoms with Gasteiger partial charge in [-0.3, -0.25) is 9.59 Å². The van der Waals surface area contributed by atoms with Crippen LogP contribution in [0.2, 0.25) is 0 Å². The molecule has 36 heavy (non-hydrogen) atoms. The third kappa shape index (κ3) is 4.14. The van der Waals surface area contributed by atoms with Crippen LogP contribution in [0.25, 0.3) is 0 Å². The first-order valence-corrected chi connectivity index (χ1v) is 14.9. The fraction of sp³-hybridized carbons (Fsp3) is 0.879. The number of ketones is 1. The molecule has 0 aromatic rings. The summed E-state index contributed by atoms with van der Waals surface area (Å²) in [5.74, 6) is 2.15. The predicted octanol–water partition coefficient (Wildman–Crippen LogP) is 8.70. The highest BCUT2D eigenvalue weighted by Gasteiger charge is 2.63. The van der Waals surface area contributed by atoms with Crippen molar-refractivity contribution < 1.29 is 14.3 Å². The molecule has 2 fully saturated rings. The van der Waals surface area contributed by atoms with E-state index < -0.39 is 0 Å². The summed E-state index contributed by atoms with van der Waals surface area (Å²) in [4.78, 5) is 24.6. The summed E-state index contributed by atoms with van der Waals surface area (Å²) in [6, 6.07) is 0. The molecular weight excluding hydrogens is 444 g/mol. The Hall–Kier alpha value is -1.12. The lowest BCUT2D eigenvalue weighted by atomic mass is 9.43. The number of hydrogen-bond acceptors (Lipinski definition) is 3. The number of fused-ring (bicyclic) bond motifs is 4. The zero-order valence-corrected chi connectivity index (χ0v) is 25.1. The second kappa shape index (κ2) is 8.98.